The van der Waals surface area contributed by atoms with E-state index in [9.17, 15) is 4.79 Å². The Balaban J connectivity index is 2.57. The Kier molecular flexibility index (Phi) is 3.02. The van der Waals surface area contributed by atoms with Crippen molar-refractivity contribution >= 4 is 40.6 Å². The quantitative estimate of drug-likeness (QED) is 0.854. The van der Waals surface area contributed by atoms with Crippen molar-refractivity contribution < 1.29 is 4.79 Å². The number of benzene rings is 1. The van der Waals surface area contributed by atoms with Gasteiger partial charge in [0.2, 0.25) is 0 Å². The highest BCUT2D eigenvalue weighted by Gasteiger charge is 2.26. The van der Waals surface area contributed by atoms with Gasteiger partial charge < -0.3 is 5.73 Å². The Labute approximate surface area is 109 Å². The minimum Gasteiger partial charge on any atom is -0.385 e. The number of nitrogens with zero attached hydrogens (tertiary/aromatic N) is 2. The summed E-state index contributed by atoms with van der Waals surface area (Å²) in [5, 5.41) is 6.20. The van der Waals surface area contributed by atoms with E-state index in [2.05, 4.69) is 5.10 Å². The maximum atomic E-state index is 11.7. The number of amidine groups is 1. The highest BCUT2D eigenvalue weighted by Crippen LogP contribution is 2.36. The topological polar surface area (TPSA) is 58.7 Å². The summed E-state index contributed by atoms with van der Waals surface area (Å²) >= 11 is 12.1. The van der Waals surface area contributed by atoms with Gasteiger partial charge in [-0.3, -0.25) is 4.79 Å². The van der Waals surface area contributed by atoms with Gasteiger partial charge in [0, 0.05) is 0 Å². The van der Waals surface area contributed by atoms with Gasteiger partial charge in [0.25, 0.3) is 5.91 Å². The van der Waals surface area contributed by atoms with Crippen molar-refractivity contribution in [2.75, 3.05) is 5.01 Å². The minimum atomic E-state index is -0.164. The van der Waals surface area contributed by atoms with Gasteiger partial charge in [-0.2, -0.15) is 10.1 Å². The number of aryl methyl sites for hydroxylation is 1. The van der Waals surface area contributed by atoms with E-state index in [4.69, 9.17) is 28.9 Å². The predicted octanol–water partition coefficient (Wildman–Crippen LogP) is 2.62. The summed E-state index contributed by atoms with van der Waals surface area (Å²) in [6, 6.07) is 1.78. The van der Waals surface area contributed by atoms with E-state index in [1.54, 1.807) is 13.0 Å². The van der Waals surface area contributed by atoms with Gasteiger partial charge in [0.15, 0.2) is 0 Å². The number of rotatable bonds is 1. The molecule has 1 aliphatic rings. The monoisotopic (exact) mass is 271 g/mol. The van der Waals surface area contributed by atoms with E-state index in [0.29, 0.717) is 27.1 Å². The number of anilines is 1. The minimum absolute atomic E-state index is 0.138. The average Bonchev–Trinajstić information content (AvgIpc) is 2.60. The second-order valence-electron chi connectivity index (χ2n) is 3.94. The SMILES string of the molecule is Cc1cc(N2N=C(N)CC2=O)c(C)c(Cl)c1Cl. The zero-order chi connectivity index (χ0) is 12.7. The molecule has 0 saturated carbocycles. The first-order valence-electron chi connectivity index (χ1n) is 5.03. The fourth-order valence-electron chi connectivity index (χ4n) is 1.68. The van der Waals surface area contributed by atoms with Crippen molar-refractivity contribution in [3.63, 3.8) is 0 Å². The molecule has 1 amide bonds. The molecule has 0 spiro atoms. The van der Waals surface area contributed by atoms with Gasteiger partial charge in [-0.1, -0.05) is 23.2 Å². The number of hydrogen-bond donors (Lipinski definition) is 1. The summed E-state index contributed by atoms with van der Waals surface area (Å²) < 4.78 is 0. The van der Waals surface area contributed by atoms with Gasteiger partial charge >= 0.3 is 0 Å². The van der Waals surface area contributed by atoms with Gasteiger partial charge in [0.05, 0.1) is 22.2 Å². The maximum Gasteiger partial charge on any atom is 0.255 e. The molecule has 2 N–H and O–H groups in total. The molecule has 0 bridgehead atoms. The van der Waals surface area contributed by atoms with E-state index in [0.717, 1.165) is 5.56 Å². The van der Waals surface area contributed by atoms with E-state index >= 15 is 0 Å². The molecule has 2 rings (SSSR count). The Hall–Kier alpha value is -1.26. The van der Waals surface area contributed by atoms with Crippen LogP contribution in [-0.4, -0.2) is 11.7 Å². The molecule has 0 unspecified atom stereocenters. The third-order valence-corrected chi connectivity index (χ3v) is 3.69. The second kappa shape index (κ2) is 4.20. The number of hydrogen-bond acceptors (Lipinski definition) is 3. The molecule has 6 heteroatoms. The van der Waals surface area contributed by atoms with Crippen molar-refractivity contribution in [1.29, 1.82) is 0 Å². The molecular weight excluding hydrogens is 261 g/mol. The summed E-state index contributed by atoms with van der Waals surface area (Å²) in [6.45, 7) is 3.62. The lowest BCUT2D eigenvalue weighted by Crippen LogP contribution is -2.20. The Morgan fingerprint density at radius 3 is 2.53 bits per heavy atom. The number of carbonyl (C=O) groups excluding carboxylic acids is 1. The fourth-order valence-corrected chi connectivity index (χ4v) is 2.13. The molecule has 0 fully saturated rings. The highest BCUT2D eigenvalue weighted by atomic mass is 35.5. The number of hydrazone groups is 1. The van der Waals surface area contributed by atoms with Crippen LogP contribution in [0.3, 0.4) is 0 Å². The normalized spacial score (nSPS) is 15.4. The number of carbonyl (C=O) groups is 1. The smallest absolute Gasteiger partial charge is 0.255 e. The van der Waals surface area contributed by atoms with Crippen LogP contribution < -0.4 is 10.7 Å². The predicted molar refractivity (Wildman–Crippen MR) is 69.7 cm³/mol. The van der Waals surface area contributed by atoms with E-state index in [1.807, 2.05) is 6.92 Å². The van der Waals surface area contributed by atoms with E-state index in [-0.39, 0.29) is 12.3 Å². The Bertz CT molecular complexity index is 540. The zero-order valence-electron chi connectivity index (χ0n) is 9.42. The largest absolute Gasteiger partial charge is 0.385 e. The summed E-state index contributed by atoms with van der Waals surface area (Å²) in [4.78, 5) is 11.7. The van der Waals surface area contributed by atoms with Crippen LogP contribution >= 0.6 is 23.2 Å². The molecule has 1 heterocycles. The van der Waals surface area contributed by atoms with Crippen LogP contribution in [-0.2, 0) is 4.79 Å². The third kappa shape index (κ3) is 1.98. The van der Waals surface area contributed by atoms with Crippen LogP contribution in [0.1, 0.15) is 17.5 Å². The molecular formula is C11H11Cl2N3O. The van der Waals surface area contributed by atoms with Gasteiger partial charge in [-0.05, 0) is 31.0 Å². The molecule has 0 saturated heterocycles. The lowest BCUT2D eigenvalue weighted by atomic mass is 10.1. The Morgan fingerprint density at radius 2 is 2.00 bits per heavy atom. The van der Waals surface area contributed by atoms with Crippen LogP contribution in [0.5, 0.6) is 0 Å². The van der Waals surface area contributed by atoms with Crippen LogP contribution in [0.4, 0.5) is 5.69 Å². The first-order chi connectivity index (χ1) is 7.91. The summed E-state index contributed by atoms with van der Waals surface area (Å²) in [7, 11) is 0. The van der Waals surface area contributed by atoms with Crippen LogP contribution in [0.2, 0.25) is 10.0 Å². The standard InChI is InChI=1S/C11H11Cl2N3O/c1-5-3-7(6(2)11(13)10(5)12)16-9(17)4-8(14)15-16/h3H,4H2,1-2H3,(H2,14,15). The second-order valence-corrected chi connectivity index (χ2v) is 4.70. The first kappa shape index (κ1) is 12.2. The van der Waals surface area contributed by atoms with E-state index in [1.165, 1.54) is 5.01 Å². The third-order valence-electron chi connectivity index (χ3n) is 2.63. The van der Waals surface area contributed by atoms with Crippen molar-refractivity contribution in [2.24, 2.45) is 10.8 Å². The van der Waals surface area contributed by atoms with Crippen LogP contribution in [0.15, 0.2) is 11.2 Å². The molecule has 90 valence electrons. The molecule has 0 aromatic heterocycles. The highest BCUT2D eigenvalue weighted by molar-refractivity contribution is 6.43. The lowest BCUT2D eigenvalue weighted by Gasteiger charge is -2.17. The number of nitrogens with two attached hydrogens (primary N) is 1. The molecule has 0 radical (unpaired) electrons. The van der Waals surface area contributed by atoms with Crippen LogP contribution in [0, 0.1) is 13.8 Å². The molecule has 4 nitrogen and oxygen atoms in total. The van der Waals surface area contributed by atoms with Gasteiger partial charge in [-0.15, -0.1) is 0 Å². The Morgan fingerprint density at radius 1 is 1.35 bits per heavy atom. The molecule has 0 aliphatic carbocycles. The lowest BCUT2D eigenvalue weighted by molar-refractivity contribution is -0.116. The van der Waals surface area contributed by atoms with Gasteiger partial charge in [-0.25, -0.2) is 0 Å². The summed E-state index contributed by atoms with van der Waals surface area (Å²) in [6.07, 6.45) is 0.138. The molecule has 1 aromatic rings. The fraction of sp³-hybridized carbons (Fsp3) is 0.273. The van der Waals surface area contributed by atoms with Crippen molar-refractivity contribution in [2.45, 2.75) is 20.3 Å². The average molecular weight is 272 g/mol. The van der Waals surface area contributed by atoms with Crippen molar-refractivity contribution in [3.8, 4) is 0 Å². The molecule has 1 aliphatic heterocycles. The number of amides is 1. The van der Waals surface area contributed by atoms with E-state index < -0.39 is 0 Å². The van der Waals surface area contributed by atoms with Gasteiger partial charge in [0.1, 0.15) is 5.84 Å². The maximum absolute atomic E-state index is 11.7. The van der Waals surface area contributed by atoms with Crippen molar-refractivity contribution in [3.05, 3.63) is 27.2 Å². The molecule has 1 aromatic carbocycles. The number of halogens is 2. The van der Waals surface area contributed by atoms with Crippen LogP contribution in [0.25, 0.3) is 0 Å². The summed E-state index contributed by atoms with van der Waals surface area (Å²) in [5.74, 6) is 0.140. The first-order valence-corrected chi connectivity index (χ1v) is 5.78. The molecule has 0 atom stereocenters. The van der Waals surface area contributed by atoms with Crippen molar-refractivity contribution in [1.82, 2.24) is 0 Å². The zero-order valence-corrected chi connectivity index (χ0v) is 10.9. The molecule has 17 heavy (non-hydrogen) atoms. The summed E-state index contributed by atoms with van der Waals surface area (Å²) in [5.41, 5.74) is 7.68.